The van der Waals surface area contributed by atoms with Crippen molar-refractivity contribution in [2.45, 2.75) is 6.42 Å². The number of hydrogen-bond donors (Lipinski definition) is 2. The molecule has 0 aromatic carbocycles. The molecule has 1 rings (SSSR count). The van der Waals surface area contributed by atoms with Crippen molar-refractivity contribution in [1.29, 1.82) is 0 Å². The van der Waals surface area contributed by atoms with Gasteiger partial charge < -0.3 is 19.9 Å². The molecule has 0 aliphatic heterocycles. The van der Waals surface area contributed by atoms with E-state index in [1.54, 1.807) is 19.2 Å². The Kier molecular flexibility index (Phi) is 7.52. The van der Waals surface area contributed by atoms with Crippen LogP contribution in [0.25, 0.3) is 6.08 Å². The number of aliphatic carboxylic acids is 1. The maximum atomic E-state index is 11.5. The first-order chi connectivity index (χ1) is 10.1. The number of methoxy groups -OCH3 is 1. The third-order valence-corrected chi connectivity index (χ3v) is 2.37. The first kappa shape index (κ1) is 16.6. The van der Waals surface area contributed by atoms with Crippen LogP contribution in [0.1, 0.15) is 12.1 Å². The second-order valence-corrected chi connectivity index (χ2v) is 4.08. The van der Waals surface area contributed by atoms with Crippen LogP contribution in [0.15, 0.2) is 24.4 Å². The van der Waals surface area contributed by atoms with Crippen molar-refractivity contribution >= 4 is 18.0 Å². The summed E-state index contributed by atoms with van der Waals surface area (Å²) in [6, 6.07) is 3.22. The fourth-order valence-corrected chi connectivity index (χ4v) is 1.38. The number of carboxylic acid groups (broad SMARTS) is 1. The Balaban J connectivity index is 2.32. The van der Waals surface area contributed by atoms with E-state index >= 15 is 0 Å². The second kappa shape index (κ2) is 9.49. The van der Waals surface area contributed by atoms with Gasteiger partial charge in [-0.3, -0.25) is 9.78 Å². The lowest BCUT2D eigenvalue weighted by molar-refractivity contribution is -0.131. The molecular weight excluding hydrogens is 276 g/mol. The Hall–Kier alpha value is -2.41. The Morgan fingerprint density at radius 1 is 1.43 bits per heavy atom. The van der Waals surface area contributed by atoms with E-state index in [1.165, 1.54) is 12.3 Å². The van der Waals surface area contributed by atoms with E-state index < -0.39 is 5.97 Å². The van der Waals surface area contributed by atoms with Gasteiger partial charge in [0.05, 0.1) is 11.9 Å². The summed E-state index contributed by atoms with van der Waals surface area (Å²) in [6.07, 6.45) is 4.54. The van der Waals surface area contributed by atoms with Crippen molar-refractivity contribution in [3.05, 3.63) is 30.1 Å². The molecule has 114 valence electrons. The largest absolute Gasteiger partial charge is 0.482 e. The maximum Gasteiger partial charge on any atom is 0.328 e. The molecule has 21 heavy (non-hydrogen) atoms. The van der Waals surface area contributed by atoms with E-state index in [1.807, 2.05) is 0 Å². The van der Waals surface area contributed by atoms with Gasteiger partial charge in [-0.15, -0.1) is 0 Å². The minimum absolute atomic E-state index is 0.0982. The summed E-state index contributed by atoms with van der Waals surface area (Å²) < 4.78 is 10.1. The highest BCUT2D eigenvalue weighted by Crippen LogP contribution is 2.09. The number of hydrogen-bond acceptors (Lipinski definition) is 5. The molecule has 7 heteroatoms. The quantitative estimate of drug-likeness (QED) is 0.514. The molecule has 1 aromatic rings. The van der Waals surface area contributed by atoms with Gasteiger partial charge in [0.25, 0.3) is 5.91 Å². The van der Waals surface area contributed by atoms with Gasteiger partial charge in [0, 0.05) is 26.3 Å². The molecule has 0 unspecified atom stereocenters. The lowest BCUT2D eigenvalue weighted by Crippen LogP contribution is -2.30. The number of nitrogens with one attached hydrogen (secondary N) is 1. The van der Waals surface area contributed by atoms with Crippen LogP contribution in [-0.4, -0.2) is 48.8 Å². The van der Waals surface area contributed by atoms with E-state index in [0.29, 0.717) is 24.6 Å². The molecule has 0 aliphatic rings. The number of carbonyl (C=O) groups excluding carboxylic acids is 1. The van der Waals surface area contributed by atoms with Gasteiger partial charge in [-0.25, -0.2) is 4.79 Å². The van der Waals surface area contributed by atoms with E-state index in [4.69, 9.17) is 14.6 Å². The van der Waals surface area contributed by atoms with Crippen molar-refractivity contribution in [3.8, 4) is 5.75 Å². The lowest BCUT2D eigenvalue weighted by Gasteiger charge is -2.07. The summed E-state index contributed by atoms with van der Waals surface area (Å²) in [6.45, 7) is 1.03. The normalized spacial score (nSPS) is 10.5. The zero-order valence-corrected chi connectivity index (χ0v) is 11.7. The highest BCUT2D eigenvalue weighted by Gasteiger charge is 2.02. The number of amides is 1. The van der Waals surface area contributed by atoms with Gasteiger partial charge >= 0.3 is 5.97 Å². The van der Waals surface area contributed by atoms with E-state index in [-0.39, 0.29) is 12.5 Å². The average molecular weight is 294 g/mol. The fourth-order valence-electron chi connectivity index (χ4n) is 1.38. The molecule has 0 fully saturated rings. The highest BCUT2D eigenvalue weighted by molar-refractivity contribution is 5.84. The third-order valence-electron chi connectivity index (χ3n) is 2.37. The van der Waals surface area contributed by atoms with Crippen molar-refractivity contribution in [2.24, 2.45) is 0 Å². The predicted octanol–water partition coefficient (Wildman–Crippen LogP) is 0.711. The Labute approximate surface area is 122 Å². The number of ether oxygens (including phenoxy) is 2. The molecule has 0 atom stereocenters. The zero-order chi connectivity index (χ0) is 15.5. The summed E-state index contributed by atoms with van der Waals surface area (Å²) >= 11 is 0. The summed E-state index contributed by atoms with van der Waals surface area (Å²) in [4.78, 5) is 25.8. The van der Waals surface area contributed by atoms with Crippen molar-refractivity contribution in [1.82, 2.24) is 10.3 Å². The molecule has 1 heterocycles. The van der Waals surface area contributed by atoms with Gasteiger partial charge in [0.15, 0.2) is 6.61 Å². The van der Waals surface area contributed by atoms with Gasteiger partial charge in [-0.1, -0.05) is 0 Å². The molecule has 0 saturated heterocycles. The number of aromatic nitrogens is 1. The summed E-state index contributed by atoms with van der Waals surface area (Å²) in [5, 5.41) is 11.2. The number of carboxylic acids is 1. The van der Waals surface area contributed by atoms with E-state index in [0.717, 1.165) is 12.5 Å². The molecule has 0 saturated carbocycles. The van der Waals surface area contributed by atoms with Crippen molar-refractivity contribution < 1.29 is 24.2 Å². The fraction of sp³-hybridized carbons (Fsp3) is 0.357. The molecule has 0 aliphatic carbocycles. The molecule has 2 N–H and O–H groups in total. The summed E-state index contributed by atoms with van der Waals surface area (Å²) in [5.74, 6) is -0.822. The van der Waals surface area contributed by atoms with Crippen LogP contribution in [0.4, 0.5) is 0 Å². The average Bonchev–Trinajstić information content (AvgIpc) is 2.48. The number of nitrogens with zero attached hydrogens (tertiary/aromatic N) is 1. The topological polar surface area (TPSA) is 97.8 Å². The van der Waals surface area contributed by atoms with Crippen LogP contribution in [0.2, 0.25) is 0 Å². The van der Waals surface area contributed by atoms with Gasteiger partial charge in [0.2, 0.25) is 0 Å². The minimum atomic E-state index is -1.04. The molecule has 1 aromatic heterocycles. The summed E-state index contributed by atoms with van der Waals surface area (Å²) in [5.41, 5.74) is 0.494. The molecular formula is C14H18N2O5. The maximum absolute atomic E-state index is 11.5. The number of pyridine rings is 1. The van der Waals surface area contributed by atoms with Crippen LogP contribution >= 0.6 is 0 Å². The Bertz CT molecular complexity index is 485. The molecule has 7 nitrogen and oxygen atoms in total. The first-order valence-corrected chi connectivity index (χ1v) is 6.37. The van der Waals surface area contributed by atoms with E-state index in [9.17, 15) is 9.59 Å². The number of rotatable bonds is 9. The standard InChI is InChI=1S/C14H18N2O5/c1-20-8-2-7-15-13(17)10-21-12-5-3-11(16-9-12)4-6-14(18)19/h3-6,9H,2,7-8,10H2,1H3,(H,15,17)(H,18,19). The van der Waals surface area contributed by atoms with Crippen LogP contribution < -0.4 is 10.1 Å². The van der Waals surface area contributed by atoms with Gasteiger partial charge in [0.1, 0.15) is 5.75 Å². The molecule has 1 amide bonds. The predicted molar refractivity (Wildman–Crippen MR) is 75.9 cm³/mol. The SMILES string of the molecule is COCCCNC(=O)COc1ccc(C=CC(=O)O)nc1. The third kappa shape index (κ3) is 7.68. The molecule has 0 bridgehead atoms. The lowest BCUT2D eigenvalue weighted by atomic mass is 10.3. The number of carbonyl (C=O) groups is 2. The molecule has 0 radical (unpaired) electrons. The zero-order valence-electron chi connectivity index (χ0n) is 11.7. The minimum Gasteiger partial charge on any atom is -0.482 e. The van der Waals surface area contributed by atoms with Crippen molar-refractivity contribution in [2.75, 3.05) is 26.9 Å². The molecule has 0 spiro atoms. The monoisotopic (exact) mass is 294 g/mol. The van der Waals surface area contributed by atoms with E-state index in [2.05, 4.69) is 10.3 Å². The van der Waals surface area contributed by atoms with Crippen LogP contribution in [-0.2, 0) is 14.3 Å². The summed E-state index contributed by atoms with van der Waals surface area (Å²) in [7, 11) is 1.60. The smallest absolute Gasteiger partial charge is 0.328 e. The van der Waals surface area contributed by atoms with Crippen molar-refractivity contribution in [3.63, 3.8) is 0 Å². The first-order valence-electron chi connectivity index (χ1n) is 6.37. The second-order valence-electron chi connectivity index (χ2n) is 4.08. The highest BCUT2D eigenvalue weighted by atomic mass is 16.5. The van der Waals surface area contributed by atoms with Crippen LogP contribution in [0, 0.1) is 0 Å². The Morgan fingerprint density at radius 3 is 2.86 bits per heavy atom. The van der Waals surface area contributed by atoms with Gasteiger partial charge in [-0.2, -0.15) is 0 Å². The van der Waals surface area contributed by atoms with Gasteiger partial charge in [-0.05, 0) is 24.6 Å². The van der Waals surface area contributed by atoms with Crippen LogP contribution in [0.5, 0.6) is 5.75 Å². The van der Waals surface area contributed by atoms with Crippen LogP contribution in [0.3, 0.4) is 0 Å². The Morgan fingerprint density at radius 2 is 2.24 bits per heavy atom.